The number of hydrogen-bond donors (Lipinski definition) is 2. The highest BCUT2D eigenvalue weighted by Gasteiger charge is 2.20. The first-order chi connectivity index (χ1) is 7.81. The average molecular weight is 259 g/mol. The lowest BCUT2D eigenvalue weighted by molar-refractivity contribution is -0.137. The van der Waals surface area contributed by atoms with Crippen LogP contribution < -0.4 is 4.72 Å². The summed E-state index contributed by atoms with van der Waals surface area (Å²) in [5.74, 6) is -1.08. The lowest BCUT2D eigenvalue weighted by atomic mass is 10.3. The number of carboxylic acids is 1. The molecule has 0 aliphatic carbocycles. The molecule has 0 radical (unpaired) electrons. The molecule has 1 heterocycles. The molecule has 1 rings (SSSR count). The van der Waals surface area contributed by atoms with Gasteiger partial charge in [-0.05, 0) is 18.6 Å². The Labute approximate surface area is 99.3 Å². The van der Waals surface area contributed by atoms with Crippen molar-refractivity contribution in [2.45, 2.75) is 6.92 Å². The Hall–Kier alpha value is -1.67. The molecule has 17 heavy (non-hydrogen) atoms. The Morgan fingerprint density at radius 3 is 2.65 bits per heavy atom. The highest BCUT2D eigenvalue weighted by molar-refractivity contribution is 7.90. The minimum absolute atomic E-state index is 0.146. The lowest BCUT2D eigenvalue weighted by Crippen LogP contribution is -2.36. The molecule has 2 N–H and O–H groups in total. The third-order valence-electron chi connectivity index (χ3n) is 1.91. The van der Waals surface area contributed by atoms with Crippen LogP contribution in [0.25, 0.3) is 0 Å². The first-order valence-electron chi connectivity index (χ1n) is 4.70. The fourth-order valence-corrected chi connectivity index (χ4v) is 1.83. The van der Waals surface area contributed by atoms with E-state index in [-0.39, 0.29) is 5.82 Å². The smallest absolute Gasteiger partial charge is 0.318 e. The van der Waals surface area contributed by atoms with Crippen LogP contribution in [0.2, 0.25) is 0 Å². The van der Waals surface area contributed by atoms with Crippen LogP contribution in [0.4, 0.5) is 5.82 Å². The van der Waals surface area contributed by atoms with E-state index in [0.717, 1.165) is 5.56 Å². The fourth-order valence-electron chi connectivity index (χ4n) is 1.01. The second-order valence-electron chi connectivity index (χ2n) is 3.48. The van der Waals surface area contributed by atoms with Crippen molar-refractivity contribution in [2.75, 3.05) is 18.3 Å². The second-order valence-corrected chi connectivity index (χ2v) is 5.26. The Bertz CT molecular complexity index is 497. The summed E-state index contributed by atoms with van der Waals surface area (Å²) in [5.41, 5.74) is 0.895. The molecule has 0 aliphatic heterocycles. The van der Waals surface area contributed by atoms with Gasteiger partial charge in [0.1, 0.15) is 12.4 Å². The van der Waals surface area contributed by atoms with Gasteiger partial charge in [0.15, 0.2) is 0 Å². The van der Waals surface area contributed by atoms with E-state index in [0.29, 0.717) is 4.31 Å². The van der Waals surface area contributed by atoms with Crippen LogP contribution >= 0.6 is 0 Å². The van der Waals surface area contributed by atoms with Crippen molar-refractivity contribution in [1.82, 2.24) is 9.29 Å². The van der Waals surface area contributed by atoms with Gasteiger partial charge in [-0.15, -0.1) is 0 Å². The highest BCUT2D eigenvalue weighted by Crippen LogP contribution is 2.08. The van der Waals surface area contributed by atoms with Crippen molar-refractivity contribution in [3.05, 3.63) is 23.9 Å². The molecule has 0 amide bonds. The number of nitrogens with zero attached hydrogens (tertiary/aromatic N) is 2. The third kappa shape index (κ3) is 4.00. The molecule has 0 unspecified atom stereocenters. The Morgan fingerprint density at radius 1 is 1.53 bits per heavy atom. The molecule has 1 aromatic heterocycles. The van der Waals surface area contributed by atoms with Crippen LogP contribution in [0.3, 0.4) is 0 Å². The van der Waals surface area contributed by atoms with Crippen molar-refractivity contribution in [1.29, 1.82) is 0 Å². The molecule has 0 saturated heterocycles. The quantitative estimate of drug-likeness (QED) is 0.779. The summed E-state index contributed by atoms with van der Waals surface area (Å²) >= 11 is 0. The zero-order chi connectivity index (χ0) is 13.1. The summed E-state index contributed by atoms with van der Waals surface area (Å²) in [6.45, 7) is 1.21. The van der Waals surface area contributed by atoms with Crippen LogP contribution in [0.1, 0.15) is 5.56 Å². The summed E-state index contributed by atoms with van der Waals surface area (Å²) in [7, 11) is -2.71. The first kappa shape index (κ1) is 13.4. The van der Waals surface area contributed by atoms with Gasteiger partial charge in [-0.3, -0.25) is 9.52 Å². The van der Waals surface area contributed by atoms with E-state index in [1.165, 1.54) is 19.3 Å². The average Bonchev–Trinajstić information content (AvgIpc) is 2.20. The van der Waals surface area contributed by atoms with Crippen LogP contribution in [-0.4, -0.2) is 42.4 Å². The molecule has 1 aromatic rings. The summed E-state index contributed by atoms with van der Waals surface area (Å²) in [6.07, 6.45) is 1.51. The summed E-state index contributed by atoms with van der Waals surface area (Å²) < 4.78 is 26.1. The SMILES string of the molecule is Cc1ccc(NS(=O)(=O)N(C)CC(=O)O)nc1. The van der Waals surface area contributed by atoms with Crippen molar-refractivity contribution >= 4 is 22.0 Å². The van der Waals surface area contributed by atoms with Crippen molar-refractivity contribution in [2.24, 2.45) is 0 Å². The van der Waals surface area contributed by atoms with Gasteiger partial charge in [0.25, 0.3) is 0 Å². The van der Waals surface area contributed by atoms with E-state index in [2.05, 4.69) is 9.71 Å². The number of carbonyl (C=O) groups is 1. The van der Waals surface area contributed by atoms with E-state index in [9.17, 15) is 13.2 Å². The monoisotopic (exact) mass is 259 g/mol. The molecule has 0 spiro atoms. The number of carboxylic acid groups (broad SMARTS) is 1. The van der Waals surface area contributed by atoms with Crippen LogP contribution in [0.5, 0.6) is 0 Å². The maximum absolute atomic E-state index is 11.6. The molecule has 94 valence electrons. The van der Waals surface area contributed by atoms with Crippen molar-refractivity contribution < 1.29 is 18.3 Å². The Morgan fingerprint density at radius 2 is 2.18 bits per heavy atom. The number of aryl methyl sites for hydroxylation is 1. The van der Waals surface area contributed by atoms with E-state index >= 15 is 0 Å². The third-order valence-corrected chi connectivity index (χ3v) is 3.33. The number of nitrogens with one attached hydrogen (secondary N) is 1. The number of hydrogen-bond acceptors (Lipinski definition) is 4. The van der Waals surface area contributed by atoms with Crippen molar-refractivity contribution in [3.8, 4) is 0 Å². The molecule has 0 aliphatic rings. The number of aliphatic carboxylic acids is 1. The van der Waals surface area contributed by atoms with E-state index in [1.54, 1.807) is 6.07 Å². The summed E-state index contributed by atoms with van der Waals surface area (Å²) in [6, 6.07) is 3.20. The molecule has 0 aromatic carbocycles. The van der Waals surface area contributed by atoms with E-state index in [1.807, 2.05) is 6.92 Å². The fraction of sp³-hybridized carbons (Fsp3) is 0.333. The van der Waals surface area contributed by atoms with Crippen LogP contribution in [0, 0.1) is 6.92 Å². The van der Waals surface area contributed by atoms with Gasteiger partial charge in [0.05, 0.1) is 0 Å². The standard InChI is InChI=1S/C9H13N3O4S/c1-7-3-4-8(10-5-7)11-17(15,16)12(2)6-9(13)14/h3-5H,6H2,1-2H3,(H,10,11)(H,13,14). The molecule has 0 atom stereocenters. The maximum atomic E-state index is 11.6. The second kappa shape index (κ2) is 5.11. The van der Waals surface area contributed by atoms with Crippen LogP contribution in [-0.2, 0) is 15.0 Å². The topological polar surface area (TPSA) is 99.6 Å². The normalized spacial score (nSPS) is 11.5. The van der Waals surface area contributed by atoms with Gasteiger partial charge in [0, 0.05) is 13.2 Å². The molecular formula is C9H13N3O4S. The van der Waals surface area contributed by atoms with Gasteiger partial charge < -0.3 is 5.11 Å². The Balaban J connectivity index is 2.79. The zero-order valence-electron chi connectivity index (χ0n) is 9.41. The van der Waals surface area contributed by atoms with E-state index < -0.39 is 22.7 Å². The first-order valence-corrected chi connectivity index (χ1v) is 6.14. The predicted molar refractivity (Wildman–Crippen MR) is 61.8 cm³/mol. The lowest BCUT2D eigenvalue weighted by Gasteiger charge is -2.15. The predicted octanol–water partition coefficient (Wildman–Crippen LogP) is 0.0631. The van der Waals surface area contributed by atoms with Crippen LogP contribution in [0.15, 0.2) is 18.3 Å². The van der Waals surface area contributed by atoms with Gasteiger partial charge in [-0.25, -0.2) is 4.98 Å². The van der Waals surface area contributed by atoms with Gasteiger partial charge in [-0.2, -0.15) is 12.7 Å². The number of anilines is 1. The number of aromatic nitrogens is 1. The molecule has 0 bridgehead atoms. The van der Waals surface area contributed by atoms with Gasteiger partial charge in [0.2, 0.25) is 0 Å². The molecule has 8 heteroatoms. The minimum atomic E-state index is -3.88. The summed E-state index contributed by atoms with van der Waals surface area (Å²) in [4.78, 5) is 14.3. The van der Waals surface area contributed by atoms with Gasteiger partial charge >= 0.3 is 16.2 Å². The van der Waals surface area contributed by atoms with Gasteiger partial charge in [-0.1, -0.05) is 6.07 Å². The number of rotatable bonds is 5. The number of likely N-dealkylation sites (N-methyl/N-ethyl adjacent to an activating group) is 1. The maximum Gasteiger partial charge on any atom is 0.318 e. The minimum Gasteiger partial charge on any atom is -0.480 e. The number of pyridine rings is 1. The molecule has 0 saturated carbocycles. The summed E-state index contributed by atoms with van der Waals surface area (Å²) in [5, 5.41) is 8.50. The molecular weight excluding hydrogens is 246 g/mol. The van der Waals surface area contributed by atoms with E-state index in [4.69, 9.17) is 5.11 Å². The Kier molecular flexibility index (Phi) is 4.02. The largest absolute Gasteiger partial charge is 0.480 e. The highest BCUT2D eigenvalue weighted by atomic mass is 32.2. The zero-order valence-corrected chi connectivity index (χ0v) is 10.2. The molecule has 7 nitrogen and oxygen atoms in total. The van der Waals surface area contributed by atoms with Crippen molar-refractivity contribution in [3.63, 3.8) is 0 Å². The molecule has 0 fully saturated rings.